The number of aromatic nitrogens is 5. The van der Waals surface area contributed by atoms with Gasteiger partial charge in [-0.1, -0.05) is 49.2 Å². The lowest BCUT2D eigenvalue weighted by molar-refractivity contribution is -0.137. The van der Waals surface area contributed by atoms with Crippen LogP contribution in [0.2, 0.25) is 0 Å². The third-order valence-electron chi connectivity index (χ3n) is 22.9. The molecular formula is C86H117N15O7. The van der Waals surface area contributed by atoms with Gasteiger partial charge in [-0.3, -0.25) is 29.4 Å². The van der Waals surface area contributed by atoms with E-state index in [1.807, 2.05) is 110 Å². The molecular weight excluding hydrogens is 1360 g/mol. The first-order chi connectivity index (χ1) is 52.8. The van der Waals surface area contributed by atoms with Crippen LogP contribution in [-0.4, -0.2) is 243 Å². The summed E-state index contributed by atoms with van der Waals surface area (Å²) in [5.74, 6) is 4.54. The third kappa shape index (κ3) is 20.0. The summed E-state index contributed by atoms with van der Waals surface area (Å²) in [7, 11) is 5.20. The van der Waals surface area contributed by atoms with Crippen LogP contribution < -0.4 is 34.2 Å². The Morgan fingerprint density at radius 2 is 0.972 bits per heavy atom. The number of rotatable bonds is 19. The average molecular weight is 1470 g/mol. The van der Waals surface area contributed by atoms with Gasteiger partial charge in [-0.15, -0.1) is 0 Å². The lowest BCUT2D eigenvalue weighted by Crippen LogP contribution is -2.46. The lowest BCUT2D eigenvalue weighted by atomic mass is 9.95. The van der Waals surface area contributed by atoms with E-state index in [1.165, 1.54) is 38.5 Å². The molecule has 22 nitrogen and oxygen atoms in total. The molecule has 1 aliphatic carbocycles. The first-order valence-electron chi connectivity index (χ1n) is 40.3. The fraction of sp³-hybridized carbons (Fsp3) is 0.547. The number of carbonyl (C=O) groups excluding carboxylic acids is 3. The zero-order valence-corrected chi connectivity index (χ0v) is 65.1. The number of pyridine rings is 3. The number of carbonyl (C=O) groups is 3. The maximum Gasteiger partial charge on any atom is 0.410 e. The van der Waals surface area contributed by atoms with Crippen LogP contribution in [0.15, 0.2) is 134 Å². The van der Waals surface area contributed by atoms with Crippen molar-refractivity contribution < 1.29 is 33.3 Å². The largest absolute Gasteiger partial charge is 0.494 e. The van der Waals surface area contributed by atoms with Gasteiger partial charge in [0, 0.05) is 171 Å². The van der Waals surface area contributed by atoms with Crippen molar-refractivity contribution in [1.82, 2.24) is 59.4 Å². The summed E-state index contributed by atoms with van der Waals surface area (Å²) in [6, 6.07) is 36.7. The highest BCUT2D eigenvalue weighted by Crippen LogP contribution is 2.40. The Balaban J connectivity index is 0.000000144. The zero-order valence-electron chi connectivity index (χ0n) is 65.1. The van der Waals surface area contributed by atoms with E-state index in [-0.39, 0.29) is 18.0 Å². The SMILES string of the molecule is COc1ccc2cccnc2c1N1CCCN(C(CC(=O)NCCN2CCCC2)c2ccn(-c3ccccc3)n2)CC1.COc1ccc2cccnc2c1N1CCCN(CC2CCCN(C(=O)C3CCCC3)C2)CC1.COc1ccc2cccnc2c1N1CCCN(C[C@@H]2CCCN(C(=O)OC(C)(C)C)C2)CC1. The number of benzene rings is 4. The molecule has 3 atom stereocenters. The van der Waals surface area contributed by atoms with Crippen molar-refractivity contribution in [1.29, 1.82) is 0 Å². The fourth-order valence-electron chi connectivity index (χ4n) is 17.5. The number of nitrogens with one attached hydrogen (secondary N) is 1. The number of anilines is 3. The van der Waals surface area contributed by atoms with Crippen LogP contribution in [0, 0.1) is 17.8 Å². The van der Waals surface area contributed by atoms with E-state index in [4.69, 9.17) is 34.0 Å². The number of piperidine rings is 2. The second kappa shape index (κ2) is 37.5. The molecule has 0 spiro atoms. The number of methoxy groups -OCH3 is 3. The molecule has 8 aromatic rings. The van der Waals surface area contributed by atoms with Crippen LogP contribution in [0.1, 0.15) is 122 Å². The Bertz CT molecular complexity index is 4220. The molecule has 0 bridgehead atoms. The summed E-state index contributed by atoms with van der Waals surface area (Å²) in [4.78, 5) is 74.3. The van der Waals surface area contributed by atoms with Gasteiger partial charge in [-0.05, 0) is 202 Å². The van der Waals surface area contributed by atoms with Crippen molar-refractivity contribution >= 4 is 67.7 Å². The van der Waals surface area contributed by atoms with E-state index in [0.29, 0.717) is 36.6 Å². The number of likely N-dealkylation sites (tertiary alicyclic amines) is 3. The van der Waals surface area contributed by atoms with Crippen molar-refractivity contribution in [3.8, 4) is 22.9 Å². The number of hydrogen-bond donors (Lipinski definition) is 1. The van der Waals surface area contributed by atoms with E-state index in [2.05, 4.69) is 104 Å². The maximum absolute atomic E-state index is 13.3. The van der Waals surface area contributed by atoms with Gasteiger partial charge in [-0.2, -0.15) is 5.10 Å². The highest BCUT2D eigenvalue weighted by atomic mass is 16.6. The molecule has 15 rings (SSSR count). The summed E-state index contributed by atoms with van der Waals surface area (Å²) in [6.07, 6.45) is 22.8. The van der Waals surface area contributed by atoms with Crippen LogP contribution in [0.4, 0.5) is 21.9 Å². The predicted octanol–water partition coefficient (Wildman–Crippen LogP) is 12.9. The number of ether oxygens (including phenoxy) is 4. The van der Waals surface area contributed by atoms with Gasteiger partial charge in [-0.25, -0.2) is 9.48 Å². The Morgan fingerprint density at radius 1 is 0.481 bits per heavy atom. The van der Waals surface area contributed by atoms with E-state index < -0.39 is 5.60 Å². The van der Waals surface area contributed by atoms with Gasteiger partial charge in [0.2, 0.25) is 11.8 Å². The minimum absolute atomic E-state index is 0.0782. The minimum Gasteiger partial charge on any atom is -0.494 e. The van der Waals surface area contributed by atoms with Gasteiger partial charge in [0.1, 0.15) is 39.9 Å². The van der Waals surface area contributed by atoms with Crippen molar-refractivity contribution in [3.05, 3.63) is 140 Å². The molecule has 578 valence electrons. The standard InChI is InChI=1S/C33H41N7O2.C27H38N4O2.C26H38N4O3/c1-42-30-13-12-26-9-7-15-35-32(26)33(30)39-20-8-19-38(23-24-39)29(25-31(41)34-16-22-37-17-5-6-18-37)28-14-21-40(36-28)27-10-3-2-4-11-27;1-33-24-12-11-22-10-4-13-28-25(22)26(24)30-16-6-14-29(17-18-30)19-21-7-5-15-31(20-21)27(32)23-8-2-3-9-23;1-26(2,3)33-25(31)30-14-6-8-20(19-30)18-28-13-7-15-29(17-16-28)24-22(32-4)11-10-21-9-5-12-27-23(21)24/h2-4,7,9-15,21,29H,5-6,8,16-20,22-25H2,1H3,(H,34,41);4,10-13,21,23H,2-3,5-9,14-20H2,1H3;5,9-12,20H,6-8,13-19H2,1-4H3/t;;20-/m..0/s1. The van der Waals surface area contributed by atoms with E-state index >= 15 is 0 Å². The quantitative estimate of drug-likeness (QED) is 0.0805. The van der Waals surface area contributed by atoms with Gasteiger partial charge in [0.05, 0.1) is 55.3 Å². The Hall–Kier alpha value is -8.83. The Kier molecular flexibility index (Phi) is 26.9. The summed E-state index contributed by atoms with van der Waals surface area (Å²) < 4.78 is 24.8. The van der Waals surface area contributed by atoms with Crippen molar-refractivity contribution in [2.45, 2.75) is 122 Å². The number of hydrogen-bond acceptors (Lipinski definition) is 18. The van der Waals surface area contributed by atoms with Crippen molar-refractivity contribution in [2.24, 2.45) is 17.8 Å². The normalized spacial score (nSPS) is 20.1. The molecule has 10 heterocycles. The van der Waals surface area contributed by atoms with Crippen molar-refractivity contribution in [2.75, 3.05) is 180 Å². The zero-order chi connectivity index (χ0) is 74.8. The molecule has 22 heteroatoms. The third-order valence-corrected chi connectivity index (χ3v) is 22.9. The monoisotopic (exact) mass is 1470 g/mol. The van der Waals surface area contributed by atoms with Crippen LogP contribution in [0.3, 0.4) is 0 Å². The van der Waals surface area contributed by atoms with Crippen LogP contribution >= 0.6 is 0 Å². The maximum atomic E-state index is 13.3. The van der Waals surface area contributed by atoms with Gasteiger partial charge >= 0.3 is 6.09 Å². The molecule has 0 radical (unpaired) electrons. The number of nitrogens with zero attached hydrogens (tertiary/aromatic N) is 14. The summed E-state index contributed by atoms with van der Waals surface area (Å²) >= 11 is 0. The lowest BCUT2D eigenvalue weighted by Gasteiger charge is -2.36. The first-order valence-corrected chi connectivity index (χ1v) is 40.3. The Morgan fingerprint density at radius 3 is 1.49 bits per heavy atom. The Labute approximate surface area is 640 Å². The van der Waals surface area contributed by atoms with Crippen LogP contribution in [-0.2, 0) is 14.3 Å². The highest BCUT2D eigenvalue weighted by Gasteiger charge is 2.35. The first kappa shape index (κ1) is 77.3. The topological polar surface area (TPSA) is 186 Å². The van der Waals surface area contributed by atoms with E-state index in [9.17, 15) is 14.4 Å². The second-order valence-electron chi connectivity index (χ2n) is 31.6. The van der Waals surface area contributed by atoms with E-state index in [0.717, 1.165) is 261 Å². The fourth-order valence-corrected chi connectivity index (χ4v) is 17.5. The molecule has 108 heavy (non-hydrogen) atoms. The molecule has 1 N–H and O–H groups in total. The molecule has 4 aromatic heterocycles. The number of fused-ring (bicyclic) bond motifs is 3. The molecule has 1 saturated carbocycles. The average Bonchev–Trinajstić information content (AvgIpc) is 0.994. The summed E-state index contributed by atoms with van der Waals surface area (Å²) in [6.45, 7) is 26.8. The molecule has 2 unspecified atom stereocenters. The van der Waals surface area contributed by atoms with Gasteiger partial charge < -0.3 is 63.5 Å². The van der Waals surface area contributed by atoms with E-state index in [1.54, 1.807) is 21.3 Å². The smallest absolute Gasteiger partial charge is 0.410 e. The van der Waals surface area contributed by atoms with Gasteiger partial charge in [0.25, 0.3) is 0 Å². The van der Waals surface area contributed by atoms with Crippen LogP contribution in [0.25, 0.3) is 38.4 Å². The molecule has 6 saturated heterocycles. The predicted molar refractivity (Wildman–Crippen MR) is 431 cm³/mol. The molecule has 7 aliphatic rings. The summed E-state index contributed by atoms with van der Waals surface area (Å²) in [5, 5.41) is 11.6. The molecule has 7 fully saturated rings. The van der Waals surface area contributed by atoms with Crippen LogP contribution in [0.5, 0.6) is 17.2 Å². The minimum atomic E-state index is -0.449. The second-order valence-corrected chi connectivity index (χ2v) is 31.6. The number of amides is 3. The van der Waals surface area contributed by atoms with Crippen molar-refractivity contribution in [3.63, 3.8) is 0 Å². The molecule has 4 aromatic carbocycles. The highest BCUT2D eigenvalue weighted by molar-refractivity contribution is 5.96. The molecule has 6 aliphatic heterocycles. The van der Waals surface area contributed by atoms with Gasteiger partial charge in [0.15, 0.2) is 0 Å². The molecule has 3 amide bonds. The summed E-state index contributed by atoms with van der Waals surface area (Å²) in [5.41, 5.74) is 7.75. The number of para-hydroxylation sites is 1.